The summed E-state index contributed by atoms with van der Waals surface area (Å²) < 4.78 is 13.7. The van der Waals surface area contributed by atoms with E-state index in [9.17, 15) is 9.18 Å². The number of carbonyl (C=O) groups is 1. The number of benzene rings is 2. The van der Waals surface area contributed by atoms with E-state index >= 15 is 0 Å². The summed E-state index contributed by atoms with van der Waals surface area (Å²) in [5.41, 5.74) is 2.19. The molecule has 0 amide bonds. The first kappa shape index (κ1) is 21.9. The van der Waals surface area contributed by atoms with Crippen molar-refractivity contribution in [2.75, 3.05) is 5.32 Å². The zero-order chi connectivity index (χ0) is 18.7. The van der Waals surface area contributed by atoms with Crippen LogP contribution in [0.5, 0.6) is 0 Å². The normalized spacial score (nSPS) is 9.12. The summed E-state index contributed by atoms with van der Waals surface area (Å²) in [5, 5.41) is 12.0. The van der Waals surface area contributed by atoms with Crippen molar-refractivity contribution in [3.8, 4) is 0 Å². The average Bonchev–Trinajstić information content (AvgIpc) is 2.56. The zero-order valence-corrected chi connectivity index (χ0v) is 15.5. The van der Waals surface area contributed by atoms with Gasteiger partial charge in [0.15, 0.2) is 0 Å². The molecule has 0 saturated heterocycles. The van der Waals surface area contributed by atoms with Gasteiger partial charge < -0.3 is 10.4 Å². The second-order valence-corrected chi connectivity index (χ2v) is 4.86. The molecule has 0 radical (unpaired) electrons. The SMILES string of the molecule is CC.CC.Cc1ccc(Nc2c(F)cccc2Cl)c(CC(=O)O)c1. The smallest absolute Gasteiger partial charge is 0.307 e. The molecule has 3 nitrogen and oxygen atoms in total. The monoisotopic (exact) mass is 353 g/mol. The van der Waals surface area contributed by atoms with Crippen LogP contribution in [0, 0.1) is 12.7 Å². The van der Waals surface area contributed by atoms with Crippen molar-refractivity contribution in [3.05, 3.63) is 58.4 Å². The van der Waals surface area contributed by atoms with Gasteiger partial charge in [-0.15, -0.1) is 0 Å². The van der Waals surface area contributed by atoms with Gasteiger partial charge >= 0.3 is 5.97 Å². The number of aryl methyl sites for hydroxylation is 1. The molecular weight excluding hydrogens is 329 g/mol. The lowest BCUT2D eigenvalue weighted by Crippen LogP contribution is -2.05. The van der Waals surface area contributed by atoms with Gasteiger partial charge in [-0.2, -0.15) is 0 Å². The number of para-hydroxylation sites is 1. The van der Waals surface area contributed by atoms with E-state index in [1.165, 1.54) is 12.1 Å². The van der Waals surface area contributed by atoms with E-state index in [1.807, 2.05) is 40.7 Å². The van der Waals surface area contributed by atoms with Crippen LogP contribution in [0.2, 0.25) is 5.02 Å². The minimum atomic E-state index is -0.946. The number of hydrogen-bond acceptors (Lipinski definition) is 2. The van der Waals surface area contributed by atoms with Crippen LogP contribution in [-0.2, 0) is 11.2 Å². The Hall–Kier alpha value is -2.07. The lowest BCUT2D eigenvalue weighted by molar-refractivity contribution is -0.136. The van der Waals surface area contributed by atoms with Crippen molar-refractivity contribution < 1.29 is 14.3 Å². The zero-order valence-electron chi connectivity index (χ0n) is 14.8. The molecule has 24 heavy (non-hydrogen) atoms. The van der Waals surface area contributed by atoms with Crippen molar-refractivity contribution in [2.24, 2.45) is 0 Å². The number of aliphatic carboxylic acids is 1. The topological polar surface area (TPSA) is 49.3 Å². The third kappa shape index (κ3) is 6.59. The number of carboxylic acids is 1. The highest BCUT2D eigenvalue weighted by Gasteiger charge is 2.11. The van der Waals surface area contributed by atoms with Crippen LogP contribution in [0.1, 0.15) is 38.8 Å². The first-order chi connectivity index (χ1) is 11.5. The van der Waals surface area contributed by atoms with E-state index in [2.05, 4.69) is 5.32 Å². The van der Waals surface area contributed by atoms with E-state index in [0.717, 1.165) is 5.56 Å². The second-order valence-electron chi connectivity index (χ2n) is 4.45. The Morgan fingerprint density at radius 1 is 1.17 bits per heavy atom. The highest BCUT2D eigenvalue weighted by atomic mass is 35.5. The van der Waals surface area contributed by atoms with E-state index in [0.29, 0.717) is 11.3 Å². The summed E-state index contributed by atoms with van der Waals surface area (Å²) in [7, 11) is 0. The summed E-state index contributed by atoms with van der Waals surface area (Å²) in [6.07, 6.45) is -0.143. The summed E-state index contributed by atoms with van der Waals surface area (Å²) in [6.45, 7) is 9.87. The highest BCUT2D eigenvalue weighted by molar-refractivity contribution is 6.33. The van der Waals surface area contributed by atoms with E-state index in [1.54, 1.807) is 18.2 Å². The van der Waals surface area contributed by atoms with Crippen LogP contribution >= 0.6 is 11.6 Å². The predicted octanol–water partition coefficient (Wildman–Crippen LogP) is 6.21. The van der Waals surface area contributed by atoms with Gasteiger partial charge in [-0.25, -0.2) is 4.39 Å². The van der Waals surface area contributed by atoms with Crippen molar-refractivity contribution in [3.63, 3.8) is 0 Å². The Kier molecular flexibility index (Phi) is 10.5. The molecule has 0 spiro atoms. The molecule has 0 bridgehead atoms. The first-order valence-electron chi connectivity index (χ1n) is 7.99. The fraction of sp³-hybridized carbons (Fsp3) is 0.316. The molecule has 0 saturated carbocycles. The highest BCUT2D eigenvalue weighted by Crippen LogP contribution is 2.30. The van der Waals surface area contributed by atoms with Crippen LogP contribution in [0.3, 0.4) is 0 Å². The molecule has 0 aliphatic carbocycles. The maximum Gasteiger partial charge on any atom is 0.307 e. The third-order valence-electron chi connectivity index (χ3n) is 2.82. The molecule has 0 heterocycles. The van der Waals surface area contributed by atoms with Gasteiger partial charge in [0.05, 0.1) is 17.1 Å². The molecule has 0 aromatic heterocycles. The molecule has 132 valence electrons. The Balaban J connectivity index is 0.00000123. The molecule has 0 atom stereocenters. The Labute approximate surface area is 148 Å². The van der Waals surface area contributed by atoms with Crippen LogP contribution in [0.15, 0.2) is 36.4 Å². The standard InChI is InChI=1S/C15H13ClFNO2.2C2H6/c1-9-5-6-13(10(7-9)8-14(19)20)18-15-11(16)3-2-4-12(15)17;2*1-2/h2-7,18H,8H2,1H3,(H,19,20);2*1-2H3. The largest absolute Gasteiger partial charge is 0.481 e. The molecule has 0 aliphatic rings. The second kappa shape index (κ2) is 11.5. The van der Waals surface area contributed by atoms with Crippen LogP contribution in [0.4, 0.5) is 15.8 Å². The first-order valence-corrected chi connectivity index (χ1v) is 8.37. The number of carboxylic acid groups (broad SMARTS) is 1. The molecular formula is C19H25ClFNO2. The van der Waals surface area contributed by atoms with Gasteiger partial charge in [0.2, 0.25) is 0 Å². The lowest BCUT2D eigenvalue weighted by atomic mass is 10.1. The number of halogens is 2. The van der Waals surface area contributed by atoms with Gasteiger partial charge in [-0.05, 0) is 30.7 Å². The Morgan fingerprint density at radius 2 is 1.79 bits per heavy atom. The molecule has 5 heteroatoms. The van der Waals surface area contributed by atoms with Crippen molar-refractivity contribution in [2.45, 2.75) is 41.0 Å². The van der Waals surface area contributed by atoms with E-state index < -0.39 is 11.8 Å². The minimum absolute atomic E-state index is 0.143. The number of rotatable bonds is 4. The summed E-state index contributed by atoms with van der Waals surface area (Å²) >= 11 is 5.95. The molecule has 2 N–H and O–H groups in total. The maximum atomic E-state index is 13.7. The van der Waals surface area contributed by atoms with Gasteiger partial charge in [-0.1, -0.05) is 63.1 Å². The average molecular weight is 354 g/mol. The van der Waals surface area contributed by atoms with Crippen molar-refractivity contribution >= 4 is 28.9 Å². The molecule has 2 rings (SSSR count). The van der Waals surface area contributed by atoms with E-state index in [-0.39, 0.29) is 17.1 Å². The summed E-state index contributed by atoms with van der Waals surface area (Å²) in [5.74, 6) is -1.43. The van der Waals surface area contributed by atoms with Crippen LogP contribution in [0.25, 0.3) is 0 Å². The minimum Gasteiger partial charge on any atom is -0.481 e. The van der Waals surface area contributed by atoms with Gasteiger partial charge in [0, 0.05) is 5.69 Å². The predicted molar refractivity (Wildman–Crippen MR) is 99.9 cm³/mol. The molecule has 2 aromatic carbocycles. The van der Waals surface area contributed by atoms with Gasteiger partial charge in [0.1, 0.15) is 5.82 Å². The molecule has 0 unspecified atom stereocenters. The number of hydrogen-bond donors (Lipinski definition) is 2. The van der Waals surface area contributed by atoms with E-state index in [4.69, 9.17) is 16.7 Å². The van der Waals surface area contributed by atoms with Crippen molar-refractivity contribution in [1.29, 1.82) is 0 Å². The molecule has 2 aromatic rings. The van der Waals surface area contributed by atoms with Gasteiger partial charge in [-0.3, -0.25) is 4.79 Å². The Bertz CT molecular complexity index is 640. The molecule has 0 fully saturated rings. The quantitative estimate of drug-likeness (QED) is 0.686. The van der Waals surface area contributed by atoms with Crippen molar-refractivity contribution in [1.82, 2.24) is 0 Å². The van der Waals surface area contributed by atoms with Gasteiger partial charge in [0.25, 0.3) is 0 Å². The Morgan fingerprint density at radius 3 is 2.33 bits per heavy atom. The maximum absolute atomic E-state index is 13.7. The summed E-state index contributed by atoms with van der Waals surface area (Å²) in [6, 6.07) is 9.66. The number of nitrogens with one attached hydrogen (secondary N) is 1. The van der Waals surface area contributed by atoms with Crippen LogP contribution in [-0.4, -0.2) is 11.1 Å². The third-order valence-corrected chi connectivity index (χ3v) is 3.14. The fourth-order valence-corrected chi connectivity index (χ4v) is 2.12. The molecule has 0 aliphatic heterocycles. The summed E-state index contributed by atoms with van der Waals surface area (Å²) in [4.78, 5) is 10.9. The number of anilines is 2. The fourth-order valence-electron chi connectivity index (χ4n) is 1.91. The lowest BCUT2D eigenvalue weighted by Gasteiger charge is -2.13. The van der Waals surface area contributed by atoms with Crippen LogP contribution < -0.4 is 5.32 Å².